The number of carbonyl (C=O) groups excluding carboxylic acids is 1. The van der Waals surface area contributed by atoms with Crippen molar-refractivity contribution in [3.05, 3.63) is 24.0 Å². The molecule has 0 spiro atoms. The Morgan fingerprint density at radius 3 is 2.53 bits per heavy atom. The third kappa shape index (κ3) is 3.11. The first kappa shape index (κ1) is 11.8. The summed E-state index contributed by atoms with van der Waals surface area (Å²) in [5.74, 6) is -1.46. The van der Waals surface area contributed by atoms with E-state index in [2.05, 4.69) is 0 Å². The highest BCUT2D eigenvalue weighted by molar-refractivity contribution is 6.00. The number of rotatable bonds is 3. The van der Waals surface area contributed by atoms with Crippen LogP contribution in [-0.4, -0.2) is 16.5 Å². The Kier molecular flexibility index (Phi) is 3.21. The molecule has 0 aliphatic heterocycles. The fraction of sp³-hybridized carbons (Fsp3) is 0.500. The molecule has 0 amide bonds. The van der Waals surface area contributed by atoms with Gasteiger partial charge in [0.25, 0.3) is 5.78 Å². The number of halogens is 3. The van der Waals surface area contributed by atoms with Gasteiger partial charge in [-0.3, -0.25) is 4.79 Å². The average Bonchev–Trinajstić information content (AvgIpc) is 2.48. The van der Waals surface area contributed by atoms with Crippen LogP contribution in [0.15, 0.2) is 18.5 Å². The molecular formula is C10H12F3NO. The molecule has 2 nitrogen and oxygen atoms in total. The smallest absolute Gasteiger partial charge is 0.353 e. The first-order valence-corrected chi connectivity index (χ1v) is 4.58. The lowest BCUT2D eigenvalue weighted by molar-refractivity contribution is -0.0885. The first-order chi connectivity index (χ1) is 6.80. The van der Waals surface area contributed by atoms with Crippen LogP contribution in [0, 0.1) is 5.92 Å². The van der Waals surface area contributed by atoms with Crippen LogP contribution in [0.1, 0.15) is 24.2 Å². The van der Waals surface area contributed by atoms with E-state index in [4.69, 9.17) is 0 Å². The number of ketones is 1. The fourth-order valence-electron chi connectivity index (χ4n) is 1.27. The summed E-state index contributed by atoms with van der Waals surface area (Å²) in [5.41, 5.74) is -0.303. The molecule has 1 aromatic heterocycles. The summed E-state index contributed by atoms with van der Waals surface area (Å²) in [6.07, 6.45) is -2.07. The molecule has 0 aliphatic rings. The molecule has 15 heavy (non-hydrogen) atoms. The molecule has 0 aromatic carbocycles. The summed E-state index contributed by atoms with van der Waals surface area (Å²) in [6.45, 7) is 4.50. The lowest BCUT2D eigenvalue weighted by Gasteiger charge is -2.05. The van der Waals surface area contributed by atoms with Gasteiger partial charge in [0.1, 0.15) is 0 Å². The van der Waals surface area contributed by atoms with Gasteiger partial charge in [0.15, 0.2) is 0 Å². The summed E-state index contributed by atoms with van der Waals surface area (Å²) in [7, 11) is 0. The standard InChI is InChI=1S/C10H12F3NO/c1-7(2)5-14-4-3-8(6-14)9(15)10(11,12)13/h3-4,6-7H,5H2,1-2H3. The zero-order valence-electron chi connectivity index (χ0n) is 8.51. The van der Waals surface area contributed by atoms with Crippen molar-refractivity contribution in [2.45, 2.75) is 26.6 Å². The molecule has 0 bridgehead atoms. The van der Waals surface area contributed by atoms with Gasteiger partial charge in [0.05, 0.1) is 0 Å². The van der Waals surface area contributed by atoms with E-state index in [1.54, 1.807) is 4.57 Å². The Morgan fingerprint density at radius 2 is 2.07 bits per heavy atom. The molecule has 84 valence electrons. The van der Waals surface area contributed by atoms with Gasteiger partial charge in [-0.15, -0.1) is 0 Å². The predicted octanol–water partition coefficient (Wildman–Crippen LogP) is 2.89. The summed E-state index contributed by atoms with van der Waals surface area (Å²) in [4.78, 5) is 10.8. The number of alkyl halides is 3. The van der Waals surface area contributed by atoms with Gasteiger partial charge >= 0.3 is 6.18 Å². The van der Waals surface area contributed by atoms with Gasteiger partial charge < -0.3 is 4.57 Å². The molecule has 0 fully saturated rings. The van der Waals surface area contributed by atoms with Crippen molar-refractivity contribution in [2.75, 3.05) is 0 Å². The minimum Gasteiger partial charge on any atom is -0.353 e. The second-order valence-electron chi connectivity index (χ2n) is 3.82. The van der Waals surface area contributed by atoms with Crippen molar-refractivity contribution in [2.24, 2.45) is 5.92 Å². The molecule has 0 unspecified atom stereocenters. The van der Waals surface area contributed by atoms with Crippen LogP contribution in [0.3, 0.4) is 0 Å². The molecule has 1 aromatic rings. The Morgan fingerprint density at radius 1 is 1.47 bits per heavy atom. The van der Waals surface area contributed by atoms with Crippen molar-refractivity contribution < 1.29 is 18.0 Å². The van der Waals surface area contributed by atoms with Crippen molar-refractivity contribution in [1.29, 1.82) is 0 Å². The van der Waals surface area contributed by atoms with E-state index in [-0.39, 0.29) is 5.56 Å². The number of carbonyl (C=O) groups is 1. The number of aromatic nitrogens is 1. The van der Waals surface area contributed by atoms with E-state index in [9.17, 15) is 18.0 Å². The SMILES string of the molecule is CC(C)Cn1ccc(C(=O)C(F)(F)F)c1. The lowest BCUT2D eigenvalue weighted by Crippen LogP contribution is -2.22. The zero-order chi connectivity index (χ0) is 11.6. The Hall–Kier alpha value is -1.26. The van der Waals surface area contributed by atoms with Crippen molar-refractivity contribution in [3.63, 3.8) is 0 Å². The minimum atomic E-state index is -4.79. The maximum atomic E-state index is 12.0. The van der Waals surface area contributed by atoms with Gasteiger partial charge in [-0.25, -0.2) is 0 Å². The molecule has 0 saturated heterocycles. The van der Waals surface area contributed by atoms with Crippen molar-refractivity contribution in [3.8, 4) is 0 Å². The van der Waals surface area contributed by atoms with Crippen LogP contribution in [0.2, 0.25) is 0 Å². The van der Waals surface area contributed by atoms with E-state index in [1.807, 2.05) is 13.8 Å². The average molecular weight is 219 g/mol. The Bertz CT molecular complexity index is 352. The largest absolute Gasteiger partial charge is 0.454 e. The third-order valence-electron chi connectivity index (χ3n) is 1.85. The molecule has 1 rings (SSSR count). The van der Waals surface area contributed by atoms with Crippen LogP contribution >= 0.6 is 0 Å². The molecule has 0 saturated carbocycles. The van der Waals surface area contributed by atoms with E-state index in [1.165, 1.54) is 18.5 Å². The normalized spacial score (nSPS) is 12.1. The number of Topliss-reactive ketones (excluding diaryl/α,β-unsaturated/α-hetero) is 1. The number of hydrogen-bond donors (Lipinski definition) is 0. The Balaban J connectivity index is 2.81. The third-order valence-corrected chi connectivity index (χ3v) is 1.85. The van der Waals surface area contributed by atoms with E-state index >= 15 is 0 Å². The quantitative estimate of drug-likeness (QED) is 0.716. The molecule has 0 radical (unpaired) electrons. The summed E-state index contributed by atoms with van der Waals surface area (Å²) in [5, 5.41) is 0. The highest BCUT2D eigenvalue weighted by Crippen LogP contribution is 2.21. The first-order valence-electron chi connectivity index (χ1n) is 4.58. The Labute approximate surface area is 85.7 Å². The van der Waals surface area contributed by atoms with Gasteiger partial charge in [-0.2, -0.15) is 13.2 Å². The van der Waals surface area contributed by atoms with Crippen LogP contribution in [0.5, 0.6) is 0 Å². The van der Waals surface area contributed by atoms with E-state index in [0.717, 1.165) is 0 Å². The van der Waals surface area contributed by atoms with E-state index < -0.39 is 12.0 Å². The summed E-state index contributed by atoms with van der Waals surface area (Å²) < 4.78 is 37.7. The monoisotopic (exact) mass is 219 g/mol. The summed E-state index contributed by atoms with van der Waals surface area (Å²) in [6, 6.07) is 1.19. The molecule has 1 heterocycles. The lowest BCUT2D eigenvalue weighted by atomic mass is 10.2. The highest BCUT2D eigenvalue weighted by Gasteiger charge is 2.39. The van der Waals surface area contributed by atoms with Gasteiger partial charge in [0, 0.05) is 24.5 Å². The topological polar surface area (TPSA) is 22.0 Å². The molecule has 5 heteroatoms. The van der Waals surface area contributed by atoms with Gasteiger partial charge in [-0.05, 0) is 12.0 Å². The van der Waals surface area contributed by atoms with Gasteiger partial charge in [0.2, 0.25) is 0 Å². The number of nitrogens with zero attached hydrogens (tertiary/aromatic N) is 1. The van der Waals surface area contributed by atoms with E-state index in [0.29, 0.717) is 12.5 Å². The van der Waals surface area contributed by atoms with Crippen LogP contribution in [0.4, 0.5) is 13.2 Å². The zero-order valence-corrected chi connectivity index (χ0v) is 8.51. The van der Waals surface area contributed by atoms with Crippen LogP contribution < -0.4 is 0 Å². The second kappa shape index (κ2) is 4.08. The molecular weight excluding hydrogens is 207 g/mol. The van der Waals surface area contributed by atoms with Crippen LogP contribution in [0.25, 0.3) is 0 Å². The number of hydrogen-bond acceptors (Lipinski definition) is 1. The fourth-order valence-corrected chi connectivity index (χ4v) is 1.27. The predicted molar refractivity (Wildman–Crippen MR) is 49.7 cm³/mol. The van der Waals surface area contributed by atoms with Crippen LogP contribution in [-0.2, 0) is 6.54 Å². The summed E-state index contributed by atoms with van der Waals surface area (Å²) >= 11 is 0. The molecule has 0 aliphatic carbocycles. The molecule has 0 atom stereocenters. The van der Waals surface area contributed by atoms with Crippen molar-refractivity contribution in [1.82, 2.24) is 4.57 Å². The van der Waals surface area contributed by atoms with Crippen molar-refractivity contribution >= 4 is 5.78 Å². The maximum Gasteiger partial charge on any atom is 0.454 e. The second-order valence-corrected chi connectivity index (χ2v) is 3.82. The maximum absolute atomic E-state index is 12.0. The molecule has 0 N–H and O–H groups in total. The highest BCUT2D eigenvalue weighted by atomic mass is 19.4. The van der Waals surface area contributed by atoms with Gasteiger partial charge in [-0.1, -0.05) is 13.8 Å². The minimum absolute atomic E-state index is 0.303.